The van der Waals surface area contributed by atoms with Gasteiger partial charge < -0.3 is 0 Å². The number of likely N-dealkylation sites (tertiary alicyclic amines) is 1. The van der Waals surface area contributed by atoms with Gasteiger partial charge in [-0.2, -0.15) is 0 Å². The molecule has 0 radical (unpaired) electrons. The maximum Gasteiger partial charge on any atom is 0.0561 e. The quantitative estimate of drug-likeness (QED) is 0.506. The van der Waals surface area contributed by atoms with E-state index in [1.165, 1.54) is 12.8 Å². The van der Waals surface area contributed by atoms with Gasteiger partial charge in [0, 0.05) is 11.3 Å². The van der Waals surface area contributed by atoms with Gasteiger partial charge in [0.15, 0.2) is 0 Å². The molecule has 2 aliphatic rings. The van der Waals surface area contributed by atoms with Crippen molar-refractivity contribution in [1.82, 2.24) is 4.90 Å². The van der Waals surface area contributed by atoms with Crippen molar-refractivity contribution in [3.05, 3.63) is 0 Å². The Balaban J connectivity index is 2.15. The van der Waals surface area contributed by atoms with E-state index >= 15 is 0 Å². The molecule has 0 aliphatic carbocycles. The van der Waals surface area contributed by atoms with Crippen LogP contribution in [0.25, 0.3) is 0 Å². The average molecular weight is 143 g/mol. The third-order valence-electron chi connectivity index (χ3n) is 2.66. The number of hydrogen-bond donors (Lipinski definition) is 0. The van der Waals surface area contributed by atoms with Gasteiger partial charge in [-0.15, -0.1) is 11.8 Å². The summed E-state index contributed by atoms with van der Waals surface area (Å²) in [5, 5.41) is 1.82. The monoisotopic (exact) mass is 143 g/mol. The van der Waals surface area contributed by atoms with Crippen molar-refractivity contribution >= 4 is 11.8 Å². The van der Waals surface area contributed by atoms with Crippen LogP contribution in [0.15, 0.2) is 0 Å². The second-order valence-electron chi connectivity index (χ2n) is 3.11. The molecule has 2 bridgehead atoms. The summed E-state index contributed by atoms with van der Waals surface area (Å²) in [6.07, 6.45) is 2.89. The van der Waals surface area contributed by atoms with Crippen LogP contribution in [0.1, 0.15) is 19.8 Å². The minimum atomic E-state index is 0.841. The topological polar surface area (TPSA) is 3.24 Å². The van der Waals surface area contributed by atoms with E-state index in [9.17, 15) is 0 Å². The molecule has 52 valence electrons. The van der Waals surface area contributed by atoms with Crippen LogP contribution >= 0.6 is 11.8 Å². The Hall–Kier alpha value is 0.310. The first-order valence-corrected chi connectivity index (χ1v) is 4.61. The second-order valence-corrected chi connectivity index (χ2v) is 4.53. The van der Waals surface area contributed by atoms with Gasteiger partial charge in [0.05, 0.1) is 5.37 Å². The lowest BCUT2D eigenvalue weighted by Gasteiger charge is -2.26. The summed E-state index contributed by atoms with van der Waals surface area (Å²) in [4.78, 5) is 2.51. The zero-order chi connectivity index (χ0) is 6.43. The molecule has 0 saturated carbocycles. The molecule has 0 aromatic heterocycles. The third kappa shape index (κ3) is 0.729. The summed E-state index contributed by atoms with van der Waals surface area (Å²) < 4.78 is 0. The van der Waals surface area contributed by atoms with E-state index in [4.69, 9.17) is 0 Å². The summed E-state index contributed by atoms with van der Waals surface area (Å²) in [5.74, 6) is 0. The Labute approximate surface area is 60.8 Å². The minimum absolute atomic E-state index is 0.841. The van der Waals surface area contributed by atoms with E-state index in [2.05, 4.69) is 30.6 Å². The average Bonchev–Trinajstić information content (AvgIpc) is 2.37. The first-order valence-electron chi connectivity index (χ1n) is 3.66. The van der Waals surface area contributed by atoms with Gasteiger partial charge in [0.1, 0.15) is 0 Å². The molecule has 0 amide bonds. The molecule has 2 fully saturated rings. The van der Waals surface area contributed by atoms with Crippen LogP contribution in [0.4, 0.5) is 0 Å². The van der Waals surface area contributed by atoms with E-state index < -0.39 is 0 Å². The highest BCUT2D eigenvalue weighted by molar-refractivity contribution is 8.01. The van der Waals surface area contributed by atoms with Crippen LogP contribution in [0.3, 0.4) is 0 Å². The number of hydrogen-bond acceptors (Lipinski definition) is 2. The molecule has 2 saturated heterocycles. The van der Waals surface area contributed by atoms with Gasteiger partial charge in [0.25, 0.3) is 0 Å². The van der Waals surface area contributed by atoms with Crippen molar-refractivity contribution in [1.29, 1.82) is 0 Å². The van der Waals surface area contributed by atoms with Crippen LogP contribution in [-0.4, -0.2) is 28.6 Å². The molecule has 2 aliphatic heterocycles. The number of piperidine rings is 1. The summed E-state index contributed by atoms with van der Waals surface area (Å²) in [6, 6.07) is 0.841. The van der Waals surface area contributed by atoms with Crippen LogP contribution in [0, 0.1) is 0 Å². The van der Waals surface area contributed by atoms with E-state index in [-0.39, 0.29) is 0 Å². The van der Waals surface area contributed by atoms with Crippen molar-refractivity contribution in [2.45, 2.75) is 36.4 Å². The molecule has 0 aromatic rings. The summed E-state index contributed by atoms with van der Waals surface area (Å²) >= 11 is 2.17. The Morgan fingerprint density at radius 3 is 2.56 bits per heavy atom. The fourth-order valence-electron chi connectivity index (χ4n) is 1.82. The molecule has 1 unspecified atom stereocenters. The zero-order valence-corrected chi connectivity index (χ0v) is 6.82. The van der Waals surface area contributed by atoms with Crippen molar-refractivity contribution in [2.75, 3.05) is 7.05 Å². The lowest BCUT2D eigenvalue weighted by molar-refractivity contribution is 0.213. The Morgan fingerprint density at radius 1 is 1.44 bits per heavy atom. The highest BCUT2D eigenvalue weighted by atomic mass is 32.2. The van der Waals surface area contributed by atoms with Crippen LogP contribution in [-0.2, 0) is 0 Å². The van der Waals surface area contributed by atoms with Gasteiger partial charge in [-0.25, -0.2) is 0 Å². The Bertz CT molecular complexity index is 108. The molecule has 0 N–H and O–H groups in total. The van der Waals surface area contributed by atoms with Crippen LogP contribution in [0.2, 0.25) is 0 Å². The molecule has 9 heavy (non-hydrogen) atoms. The first-order chi connectivity index (χ1) is 4.29. The maximum absolute atomic E-state index is 2.51. The van der Waals surface area contributed by atoms with Gasteiger partial charge in [0.2, 0.25) is 0 Å². The lowest BCUT2D eigenvalue weighted by Crippen LogP contribution is -2.36. The fourth-order valence-corrected chi connectivity index (χ4v) is 3.57. The number of fused-ring (bicyclic) bond motifs is 2. The molecule has 2 rings (SSSR count). The van der Waals surface area contributed by atoms with E-state index in [0.29, 0.717) is 0 Å². The normalized spacial score (nSPS) is 50.7. The lowest BCUT2D eigenvalue weighted by atomic mass is 10.1. The Kier molecular flexibility index (Phi) is 1.27. The largest absolute Gasteiger partial charge is 0.291 e. The summed E-state index contributed by atoms with van der Waals surface area (Å²) in [5.41, 5.74) is 0. The smallest absolute Gasteiger partial charge is 0.0561 e. The van der Waals surface area contributed by atoms with Gasteiger partial charge >= 0.3 is 0 Å². The predicted molar refractivity (Wildman–Crippen MR) is 41.6 cm³/mol. The first kappa shape index (κ1) is 6.05. The van der Waals surface area contributed by atoms with Gasteiger partial charge in [-0.05, 0) is 26.8 Å². The highest BCUT2D eigenvalue weighted by Crippen LogP contribution is 2.45. The molecule has 0 spiro atoms. The molecule has 2 heterocycles. The SMILES string of the molecule is CC1[C@H]2CC[C@H](S2)N1C. The molecule has 3 atom stereocenters. The fraction of sp³-hybridized carbons (Fsp3) is 1.00. The van der Waals surface area contributed by atoms with Crippen LogP contribution < -0.4 is 0 Å². The van der Waals surface area contributed by atoms with Crippen molar-refractivity contribution in [3.63, 3.8) is 0 Å². The van der Waals surface area contributed by atoms with Crippen molar-refractivity contribution in [2.24, 2.45) is 0 Å². The molecule has 1 nitrogen and oxygen atoms in total. The second kappa shape index (κ2) is 1.89. The molecular weight excluding hydrogens is 130 g/mol. The molecule has 0 aromatic carbocycles. The predicted octanol–water partition coefficient (Wildman–Crippen LogP) is 1.54. The van der Waals surface area contributed by atoms with E-state index in [1.807, 2.05) is 0 Å². The Morgan fingerprint density at radius 2 is 2.22 bits per heavy atom. The maximum atomic E-state index is 2.51. The molecule has 2 heteroatoms. The number of rotatable bonds is 0. The zero-order valence-electron chi connectivity index (χ0n) is 6.00. The standard InChI is InChI=1S/C7H13NS/c1-5-6-3-4-7(9-6)8(5)2/h5-7H,3-4H2,1-2H3/t5?,6-,7+/m1/s1. The van der Waals surface area contributed by atoms with E-state index in [0.717, 1.165) is 16.7 Å². The van der Waals surface area contributed by atoms with Gasteiger partial charge in [-0.1, -0.05) is 0 Å². The highest BCUT2D eigenvalue weighted by Gasteiger charge is 2.41. The van der Waals surface area contributed by atoms with E-state index in [1.54, 1.807) is 0 Å². The summed E-state index contributed by atoms with van der Waals surface area (Å²) in [6.45, 7) is 2.34. The van der Waals surface area contributed by atoms with Gasteiger partial charge in [-0.3, -0.25) is 4.90 Å². The number of thioether (sulfide) groups is 1. The number of nitrogens with zero attached hydrogens (tertiary/aromatic N) is 1. The van der Waals surface area contributed by atoms with Crippen LogP contribution in [0.5, 0.6) is 0 Å². The van der Waals surface area contributed by atoms with Crippen molar-refractivity contribution in [3.8, 4) is 0 Å². The minimum Gasteiger partial charge on any atom is -0.291 e. The van der Waals surface area contributed by atoms with Crippen molar-refractivity contribution < 1.29 is 0 Å². The third-order valence-corrected chi connectivity index (χ3v) is 4.53. The summed E-state index contributed by atoms with van der Waals surface area (Å²) in [7, 11) is 2.25. The molecular formula is C7H13NS.